The number of amides is 1. The molecule has 0 spiro atoms. The summed E-state index contributed by atoms with van der Waals surface area (Å²) in [5.41, 5.74) is 6.90. The number of benzene rings is 2. The number of carbonyl (C=O) groups is 1. The summed E-state index contributed by atoms with van der Waals surface area (Å²) in [5.74, 6) is 1.47. The molecule has 6 heteroatoms. The summed E-state index contributed by atoms with van der Waals surface area (Å²) in [6.07, 6.45) is 3.01. The topological polar surface area (TPSA) is 84.1 Å². The highest BCUT2D eigenvalue weighted by Gasteiger charge is 2.55. The van der Waals surface area contributed by atoms with Gasteiger partial charge >= 0.3 is 0 Å². The number of carbonyl (C=O) groups excluding carboxylic acids is 1. The SMILES string of the molecule is NC(=O)c1cnc(N2CC3C(C2)C3NCc2ccc3ccccc3c2)nc1. The van der Waals surface area contributed by atoms with E-state index in [9.17, 15) is 4.79 Å². The quantitative estimate of drug-likeness (QED) is 0.727. The number of rotatable bonds is 5. The Bertz CT molecular complexity index is 991. The second kappa shape index (κ2) is 6.32. The van der Waals surface area contributed by atoms with Crippen molar-refractivity contribution in [2.75, 3.05) is 18.0 Å². The lowest BCUT2D eigenvalue weighted by Gasteiger charge is -2.20. The largest absolute Gasteiger partial charge is 0.366 e. The molecule has 3 N–H and O–H groups in total. The number of anilines is 1. The van der Waals surface area contributed by atoms with Crippen molar-refractivity contribution in [3.63, 3.8) is 0 Å². The van der Waals surface area contributed by atoms with Gasteiger partial charge in [0.1, 0.15) is 0 Å². The van der Waals surface area contributed by atoms with Crippen molar-refractivity contribution in [3.05, 3.63) is 66.0 Å². The Morgan fingerprint density at radius 2 is 1.78 bits per heavy atom. The summed E-state index contributed by atoms with van der Waals surface area (Å²) in [4.78, 5) is 21.9. The molecular weight excluding hydrogens is 338 g/mol. The summed E-state index contributed by atoms with van der Waals surface area (Å²) in [7, 11) is 0. The fourth-order valence-electron chi connectivity index (χ4n) is 4.19. The molecule has 2 heterocycles. The fraction of sp³-hybridized carbons (Fsp3) is 0.286. The minimum Gasteiger partial charge on any atom is -0.366 e. The van der Waals surface area contributed by atoms with Crippen molar-refractivity contribution in [3.8, 4) is 0 Å². The number of aromatic nitrogens is 2. The van der Waals surface area contributed by atoms with Crippen molar-refractivity contribution >= 4 is 22.6 Å². The first-order valence-corrected chi connectivity index (χ1v) is 9.27. The Hall–Kier alpha value is -2.99. The van der Waals surface area contributed by atoms with Crippen LogP contribution in [0.3, 0.4) is 0 Å². The van der Waals surface area contributed by atoms with E-state index >= 15 is 0 Å². The number of fused-ring (bicyclic) bond motifs is 2. The molecule has 2 unspecified atom stereocenters. The lowest BCUT2D eigenvalue weighted by molar-refractivity contribution is 0.0999. The molecule has 0 radical (unpaired) electrons. The van der Waals surface area contributed by atoms with Gasteiger partial charge in [-0.25, -0.2) is 9.97 Å². The Labute approximate surface area is 157 Å². The molecule has 1 aliphatic carbocycles. The number of hydrogen-bond donors (Lipinski definition) is 2. The van der Waals surface area contributed by atoms with E-state index in [2.05, 4.69) is 62.6 Å². The van der Waals surface area contributed by atoms with Crippen LogP contribution < -0.4 is 16.0 Å². The minimum atomic E-state index is -0.497. The number of nitrogens with two attached hydrogens (primary N) is 1. The molecule has 5 rings (SSSR count). The molecule has 2 aliphatic rings. The number of piperidine rings is 1. The van der Waals surface area contributed by atoms with Crippen molar-refractivity contribution in [2.45, 2.75) is 12.6 Å². The molecule has 2 aromatic carbocycles. The van der Waals surface area contributed by atoms with E-state index < -0.39 is 5.91 Å². The molecule has 1 amide bonds. The zero-order chi connectivity index (χ0) is 18.4. The summed E-state index contributed by atoms with van der Waals surface area (Å²) < 4.78 is 0. The molecular formula is C21H21N5O. The van der Waals surface area contributed by atoms with Gasteiger partial charge in [-0.1, -0.05) is 36.4 Å². The molecule has 136 valence electrons. The molecule has 0 bridgehead atoms. The molecule has 2 fully saturated rings. The van der Waals surface area contributed by atoms with Crippen LogP contribution in [0.25, 0.3) is 10.8 Å². The van der Waals surface area contributed by atoms with Gasteiger partial charge in [-0.3, -0.25) is 4.79 Å². The van der Waals surface area contributed by atoms with Crippen molar-refractivity contribution in [1.29, 1.82) is 0 Å². The lowest BCUT2D eigenvalue weighted by atomic mass is 10.1. The van der Waals surface area contributed by atoms with Crippen LogP contribution in [0.15, 0.2) is 54.9 Å². The lowest BCUT2D eigenvalue weighted by Crippen LogP contribution is -2.32. The van der Waals surface area contributed by atoms with Crippen LogP contribution in [-0.4, -0.2) is 35.0 Å². The third-order valence-electron chi connectivity index (χ3n) is 5.76. The van der Waals surface area contributed by atoms with Gasteiger partial charge in [-0.15, -0.1) is 0 Å². The zero-order valence-corrected chi connectivity index (χ0v) is 14.9. The second-order valence-electron chi connectivity index (χ2n) is 7.46. The normalized spacial score (nSPS) is 23.4. The maximum absolute atomic E-state index is 11.1. The average molecular weight is 359 g/mol. The van der Waals surface area contributed by atoms with E-state index in [0.717, 1.165) is 19.6 Å². The number of primary amides is 1. The van der Waals surface area contributed by atoms with E-state index in [0.29, 0.717) is 29.4 Å². The number of nitrogens with zero attached hydrogens (tertiary/aromatic N) is 3. The standard InChI is InChI=1S/C21H21N5O/c22-20(27)16-9-24-21(25-10-16)26-11-17-18(12-26)19(17)23-8-13-5-6-14-3-1-2-4-15(14)7-13/h1-7,9-10,17-19,23H,8,11-12H2,(H2,22,27). The predicted octanol–water partition coefficient (Wildman–Crippen LogP) is 1.95. The molecule has 6 nitrogen and oxygen atoms in total. The number of hydrogen-bond acceptors (Lipinski definition) is 5. The van der Waals surface area contributed by atoms with Crippen LogP contribution in [0.5, 0.6) is 0 Å². The molecule has 27 heavy (non-hydrogen) atoms. The smallest absolute Gasteiger partial charge is 0.251 e. The first-order valence-electron chi connectivity index (χ1n) is 9.27. The van der Waals surface area contributed by atoms with Gasteiger partial charge in [-0.2, -0.15) is 0 Å². The predicted molar refractivity (Wildman–Crippen MR) is 104 cm³/mol. The maximum atomic E-state index is 11.1. The maximum Gasteiger partial charge on any atom is 0.251 e. The van der Waals surface area contributed by atoms with E-state index in [1.54, 1.807) is 0 Å². The molecule has 1 aromatic heterocycles. The summed E-state index contributed by atoms with van der Waals surface area (Å²) >= 11 is 0. The van der Waals surface area contributed by atoms with Crippen LogP contribution in [0, 0.1) is 11.8 Å². The van der Waals surface area contributed by atoms with Gasteiger partial charge in [0.2, 0.25) is 5.95 Å². The van der Waals surface area contributed by atoms with Crippen molar-refractivity contribution in [1.82, 2.24) is 15.3 Å². The van der Waals surface area contributed by atoms with Crippen LogP contribution in [-0.2, 0) is 6.54 Å². The van der Waals surface area contributed by atoms with Crippen molar-refractivity contribution < 1.29 is 4.79 Å². The molecule has 1 saturated carbocycles. The van der Waals surface area contributed by atoms with Gasteiger partial charge in [0.05, 0.1) is 5.56 Å². The first-order chi connectivity index (χ1) is 13.2. The summed E-state index contributed by atoms with van der Waals surface area (Å²) in [5, 5.41) is 6.27. The van der Waals surface area contributed by atoms with E-state index in [1.165, 1.54) is 28.7 Å². The summed E-state index contributed by atoms with van der Waals surface area (Å²) in [6.45, 7) is 2.80. The molecule has 3 aromatic rings. The van der Waals surface area contributed by atoms with Crippen LogP contribution in [0.4, 0.5) is 5.95 Å². The van der Waals surface area contributed by atoms with Gasteiger partial charge in [0.15, 0.2) is 0 Å². The van der Waals surface area contributed by atoms with Crippen molar-refractivity contribution in [2.24, 2.45) is 17.6 Å². The van der Waals surface area contributed by atoms with Crippen LogP contribution in [0.2, 0.25) is 0 Å². The van der Waals surface area contributed by atoms with E-state index in [4.69, 9.17) is 5.73 Å². The monoisotopic (exact) mass is 359 g/mol. The highest BCUT2D eigenvalue weighted by atomic mass is 16.1. The van der Waals surface area contributed by atoms with Gasteiger partial charge in [0.25, 0.3) is 5.91 Å². The Balaban J connectivity index is 1.17. The third kappa shape index (κ3) is 3.02. The van der Waals surface area contributed by atoms with Gasteiger partial charge < -0.3 is 16.0 Å². The molecule has 1 aliphatic heterocycles. The highest BCUT2D eigenvalue weighted by Crippen LogP contribution is 2.46. The fourth-order valence-corrected chi connectivity index (χ4v) is 4.19. The van der Waals surface area contributed by atoms with Crippen LogP contribution >= 0.6 is 0 Å². The van der Waals surface area contributed by atoms with Gasteiger partial charge in [-0.05, 0) is 34.2 Å². The Morgan fingerprint density at radius 1 is 1.07 bits per heavy atom. The van der Waals surface area contributed by atoms with E-state index in [-0.39, 0.29) is 0 Å². The van der Waals surface area contributed by atoms with E-state index in [1.807, 2.05) is 0 Å². The molecule has 2 atom stereocenters. The minimum absolute atomic E-state index is 0.345. The highest BCUT2D eigenvalue weighted by molar-refractivity contribution is 5.92. The number of nitrogens with one attached hydrogen (secondary N) is 1. The average Bonchev–Trinajstić information content (AvgIpc) is 3.15. The summed E-state index contributed by atoms with van der Waals surface area (Å²) in [6, 6.07) is 15.7. The Morgan fingerprint density at radius 3 is 2.48 bits per heavy atom. The zero-order valence-electron chi connectivity index (χ0n) is 14.9. The molecule has 1 saturated heterocycles. The third-order valence-corrected chi connectivity index (χ3v) is 5.76. The first kappa shape index (κ1) is 16.2. The van der Waals surface area contributed by atoms with Crippen LogP contribution in [0.1, 0.15) is 15.9 Å². The van der Waals surface area contributed by atoms with Gasteiger partial charge in [0, 0.05) is 38.1 Å². The Kier molecular flexibility index (Phi) is 3.79. The second-order valence-corrected chi connectivity index (χ2v) is 7.46.